The first-order chi connectivity index (χ1) is 11.8. The minimum absolute atomic E-state index is 0. The van der Waals surface area contributed by atoms with Gasteiger partial charge in [-0.3, -0.25) is 9.78 Å². The van der Waals surface area contributed by atoms with Crippen LogP contribution in [0, 0.1) is 5.82 Å². The second kappa shape index (κ2) is 7.57. The molecule has 138 valence electrons. The van der Waals surface area contributed by atoms with Crippen LogP contribution in [-0.4, -0.2) is 28.0 Å². The molecular weight excluding hydrogens is 382 g/mol. The number of nitrogens with two attached hydrogens (primary N) is 1. The number of benzene rings is 1. The van der Waals surface area contributed by atoms with E-state index in [1.807, 2.05) is 0 Å². The lowest BCUT2D eigenvalue weighted by Crippen LogP contribution is -2.36. The Hall–Kier alpha value is -2.22. The Kier molecular flexibility index (Phi) is 5.85. The largest absolute Gasteiger partial charge is 0.469 e. The first kappa shape index (κ1) is 20.1. The molecule has 26 heavy (non-hydrogen) atoms. The Labute approximate surface area is 160 Å². The number of hydrogen-bond acceptors (Lipinski definition) is 5. The fraction of sp³-hybridized carbons (Fsp3) is 0.235. The van der Waals surface area contributed by atoms with E-state index in [9.17, 15) is 9.18 Å². The van der Waals surface area contributed by atoms with Gasteiger partial charge < -0.3 is 15.5 Å². The van der Waals surface area contributed by atoms with Crippen LogP contribution in [0.15, 0.2) is 30.6 Å². The van der Waals surface area contributed by atoms with Gasteiger partial charge in [-0.2, -0.15) is 0 Å². The van der Waals surface area contributed by atoms with E-state index in [1.54, 1.807) is 31.5 Å². The highest BCUT2D eigenvalue weighted by Crippen LogP contribution is 2.36. The number of H-pyrrole nitrogens is 1. The zero-order chi connectivity index (χ0) is 18.2. The maximum atomic E-state index is 14.6. The average molecular weight is 399 g/mol. The summed E-state index contributed by atoms with van der Waals surface area (Å²) in [6, 6.07) is 4.75. The summed E-state index contributed by atoms with van der Waals surface area (Å²) in [6.07, 6.45) is 3.09. The SMILES string of the molecule is COC(=O)C[C@](C)(N)c1cc(F)c2nc(-c3cccnc3)[nH]c2c1Cl.Cl. The topological polar surface area (TPSA) is 93.9 Å². The molecule has 3 aromatic rings. The molecule has 0 bridgehead atoms. The monoisotopic (exact) mass is 398 g/mol. The molecule has 0 radical (unpaired) electrons. The number of methoxy groups -OCH3 is 1. The van der Waals surface area contributed by atoms with E-state index in [0.29, 0.717) is 22.5 Å². The molecule has 0 spiro atoms. The van der Waals surface area contributed by atoms with Crippen LogP contribution in [-0.2, 0) is 15.1 Å². The van der Waals surface area contributed by atoms with Gasteiger partial charge in [0.05, 0.1) is 29.6 Å². The number of aromatic nitrogens is 3. The summed E-state index contributed by atoms with van der Waals surface area (Å²) in [4.78, 5) is 22.9. The minimum Gasteiger partial charge on any atom is -0.469 e. The summed E-state index contributed by atoms with van der Waals surface area (Å²) in [6.45, 7) is 1.59. The molecule has 3 rings (SSSR count). The highest BCUT2D eigenvalue weighted by atomic mass is 35.5. The van der Waals surface area contributed by atoms with Gasteiger partial charge in [0.2, 0.25) is 0 Å². The Morgan fingerprint density at radius 2 is 2.23 bits per heavy atom. The number of aromatic amines is 1. The van der Waals surface area contributed by atoms with Gasteiger partial charge in [0.1, 0.15) is 11.3 Å². The quantitative estimate of drug-likeness (QED) is 0.655. The van der Waals surface area contributed by atoms with Gasteiger partial charge in [0.25, 0.3) is 0 Å². The van der Waals surface area contributed by atoms with Gasteiger partial charge in [-0.15, -0.1) is 12.4 Å². The number of fused-ring (bicyclic) bond motifs is 1. The van der Waals surface area contributed by atoms with Crippen molar-refractivity contribution in [3.8, 4) is 11.4 Å². The lowest BCUT2D eigenvalue weighted by Gasteiger charge is -2.25. The predicted molar refractivity (Wildman–Crippen MR) is 99.7 cm³/mol. The molecule has 0 amide bonds. The predicted octanol–water partition coefficient (Wildman–Crippen LogP) is 3.58. The number of esters is 1. The molecule has 0 saturated carbocycles. The van der Waals surface area contributed by atoms with Crippen molar-refractivity contribution in [1.82, 2.24) is 15.0 Å². The molecule has 0 aliphatic heterocycles. The molecule has 0 fully saturated rings. The summed E-state index contributed by atoms with van der Waals surface area (Å²) < 4.78 is 19.2. The third-order valence-electron chi connectivity index (χ3n) is 3.95. The molecule has 3 N–H and O–H groups in total. The summed E-state index contributed by atoms with van der Waals surface area (Å²) in [5, 5.41) is 0.216. The highest BCUT2D eigenvalue weighted by Gasteiger charge is 2.30. The van der Waals surface area contributed by atoms with Crippen LogP contribution in [0.3, 0.4) is 0 Å². The van der Waals surface area contributed by atoms with E-state index in [2.05, 4.69) is 19.7 Å². The molecule has 2 aromatic heterocycles. The van der Waals surface area contributed by atoms with Crippen LogP contribution in [0.25, 0.3) is 22.4 Å². The van der Waals surface area contributed by atoms with Crippen LogP contribution in [0.5, 0.6) is 0 Å². The molecule has 2 heterocycles. The summed E-state index contributed by atoms with van der Waals surface area (Å²) in [5.41, 5.74) is 6.41. The van der Waals surface area contributed by atoms with Crippen molar-refractivity contribution in [2.75, 3.05) is 7.11 Å². The fourth-order valence-corrected chi connectivity index (χ4v) is 3.03. The van der Waals surface area contributed by atoms with E-state index in [4.69, 9.17) is 17.3 Å². The van der Waals surface area contributed by atoms with Crippen LogP contribution in [0.4, 0.5) is 4.39 Å². The second-order valence-electron chi connectivity index (χ2n) is 5.94. The number of carbonyl (C=O) groups is 1. The maximum Gasteiger partial charge on any atom is 0.307 e. The van der Waals surface area contributed by atoms with Crippen LogP contribution < -0.4 is 5.73 Å². The number of nitrogens with one attached hydrogen (secondary N) is 1. The van der Waals surface area contributed by atoms with Gasteiger partial charge in [0, 0.05) is 18.0 Å². The zero-order valence-corrected chi connectivity index (χ0v) is 15.6. The second-order valence-corrected chi connectivity index (χ2v) is 6.32. The molecule has 9 heteroatoms. The van der Waals surface area contributed by atoms with Crippen LogP contribution >= 0.6 is 24.0 Å². The normalized spacial score (nSPS) is 13.1. The Balaban J connectivity index is 0.00000243. The first-order valence-electron chi connectivity index (χ1n) is 7.48. The van der Waals surface area contributed by atoms with E-state index in [0.717, 1.165) is 0 Å². The van der Waals surface area contributed by atoms with Gasteiger partial charge in [-0.05, 0) is 30.7 Å². The molecule has 1 atom stereocenters. The number of rotatable bonds is 4. The summed E-state index contributed by atoms with van der Waals surface area (Å²) >= 11 is 6.44. The van der Waals surface area contributed by atoms with Gasteiger partial charge in [-0.25, -0.2) is 9.37 Å². The highest BCUT2D eigenvalue weighted by molar-refractivity contribution is 6.36. The minimum atomic E-state index is -1.20. The number of hydrogen-bond donors (Lipinski definition) is 2. The van der Waals surface area contributed by atoms with E-state index < -0.39 is 17.3 Å². The average Bonchev–Trinajstić information content (AvgIpc) is 3.04. The van der Waals surface area contributed by atoms with E-state index in [1.165, 1.54) is 13.2 Å². The molecule has 0 aliphatic carbocycles. The molecule has 0 unspecified atom stereocenters. The van der Waals surface area contributed by atoms with Crippen molar-refractivity contribution in [3.63, 3.8) is 0 Å². The van der Waals surface area contributed by atoms with E-state index in [-0.39, 0.29) is 29.4 Å². The smallest absolute Gasteiger partial charge is 0.307 e. The maximum absolute atomic E-state index is 14.6. The fourth-order valence-electron chi connectivity index (χ4n) is 2.62. The number of ether oxygens (including phenoxy) is 1. The van der Waals surface area contributed by atoms with Crippen LogP contribution in [0.2, 0.25) is 5.02 Å². The van der Waals surface area contributed by atoms with Crippen LogP contribution in [0.1, 0.15) is 18.9 Å². The van der Waals surface area contributed by atoms with Crippen molar-refractivity contribution in [3.05, 3.63) is 47.0 Å². The number of imidazole rings is 1. The standard InChI is InChI=1S/C17H16ClFN4O2.ClH/c1-17(20,7-12(24)25-2)10-6-11(19)14-15(13(10)18)23-16(22-14)9-4-3-5-21-8-9;/h3-6,8H,7,20H2,1-2H3,(H,22,23);1H/t17-;/m0./s1. The molecule has 1 aromatic carbocycles. The van der Waals surface area contributed by atoms with Crippen molar-refractivity contribution >= 4 is 41.0 Å². The van der Waals surface area contributed by atoms with Crippen molar-refractivity contribution in [2.24, 2.45) is 5.73 Å². The number of halogens is 3. The third-order valence-corrected chi connectivity index (χ3v) is 4.34. The molecule has 6 nitrogen and oxygen atoms in total. The Morgan fingerprint density at radius 3 is 2.85 bits per heavy atom. The zero-order valence-electron chi connectivity index (χ0n) is 14.0. The molecule has 0 aliphatic rings. The van der Waals surface area contributed by atoms with E-state index >= 15 is 0 Å². The number of nitrogens with zero attached hydrogens (tertiary/aromatic N) is 2. The van der Waals surface area contributed by atoms with Gasteiger partial charge >= 0.3 is 5.97 Å². The van der Waals surface area contributed by atoms with Crippen molar-refractivity contribution in [1.29, 1.82) is 0 Å². The van der Waals surface area contributed by atoms with Gasteiger partial charge in [0.15, 0.2) is 5.82 Å². The Bertz CT molecular complexity index is 945. The number of pyridine rings is 1. The lowest BCUT2D eigenvalue weighted by molar-refractivity contribution is -0.141. The van der Waals surface area contributed by atoms with Gasteiger partial charge in [-0.1, -0.05) is 11.6 Å². The van der Waals surface area contributed by atoms with Crippen molar-refractivity contribution < 1.29 is 13.9 Å². The molecule has 0 saturated heterocycles. The number of carbonyl (C=O) groups excluding carboxylic acids is 1. The molecular formula is C17H17Cl2FN4O2. The lowest BCUT2D eigenvalue weighted by atomic mass is 9.89. The van der Waals surface area contributed by atoms with Crippen molar-refractivity contribution in [2.45, 2.75) is 18.9 Å². The third kappa shape index (κ3) is 3.65. The first-order valence-corrected chi connectivity index (χ1v) is 7.85. The summed E-state index contributed by atoms with van der Waals surface area (Å²) in [5.74, 6) is -0.655. The Morgan fingerprint density at radius 1 is 1.50 bits per heavy atom. The summed E-state index contributed by atoms with van der Waals surface area (Å²) in [7, 11) is 1.26.